The molecule has 4 heteroatoms. The predicted octanol–water partition coefficient (Wildman–Crippen LogP) is 4.67. The number of aromatic nitrogens is 1. The van der Waals surface area contributed by atoms with Gasteiger partial charge in [0.15, 0.2) is 0 Å². The van der Waals surface area contributed by atoms with Gasteiger partial charge in [0.1, 0.15) is 11.4 Å². The molecule has 0 atom stereocenters. The number of benzene rings is 3. The fourth-order valence-corrected chi connectivity index (χ4v) is 3.32. The molecule has 1 heterocycles. The van der Waals surface area contributed by atoms with Crippen molar-refractivity contribution in [3.8, 4) is 5.75 Å². The van der Waals surface area contributed by atoms with Crippen molar-refractivity contribution in [1.82, 2.24) is 4.57 Å². The van der Waals surface area contributed by atoms with Gasteiger partial charge in [-0.05, 0) is 35.4 Å². The molecule has 0 saturated heterocycles. The molecule has 0 spiro atoms. The Morgan fingerprint density at radius 2 is 1.57 bits per heavy atom. The van der Waals surface area contributed by atoms with Crippen molar-refractivity contribution in [2.75, 3.05) is 12.4 Å². The number of anilines is 1. The summed E-state index contributed by atoms with van der Waals surface area (Å²) in [6.45, 7) is 1.11. The second-order valence-electron chi connectivity index (χ2n) is 6.70. The molecule has 4 rings (SSSR count). The number of hydrogen-bond acceptors (Lipinski definition) is 3. The van der Waals surface area contributed by atoms with Gasteiger partial charge in [-0.1, -0.05) is 60.7 Å². The molecule has 0 aliphatic rings. The summed E-state index contributed by atoms with van der Waals surface area (Å²) >= 11 is 0. The van der Waals surface area contributed by atoms with Crippen LogP contribution in [0.2, 0.25) is 0 Å². The molecule has 0 unspecified atom stereocenters. The number of pyridine rings is 1. The summed E-state index contributed by atoms with van der Waals surface area (Å²) in [4.78, 5) is 13.2. The molecule has 0 aliphatic heterocycles. The van der Waals surface area contributed by atoms with Crippen LogP contribution >= 0.6 is 0 Å². The summed E-state index contributed by atoms with van der Waals surface area (Å²) in [5.74, 6) is 0.819. The molecule has 0 radical (unpaired) electrons. The molecule has 0 amide bonds. The number of nitrogens with zero attached hydrogens (tertiary/aromatic N) is 1. The van der Waals surface area contributed by atoms with E-state index in [1.165, 1.54) is 0 Å². The molecule has 0 saturated carbocycles. The smallest absolute Gasteiger partial charge is 0.274 e. The molecule has 1 aromatic heterocycles. The highest BCUT2D eigenvalue weighted by Crippen LogP contribution is 2.18. The van der Waals surface area contributed by atoms with Crippen LogP contribution in [0.3, 0.4) is 0 Å². The molecule has 4 aromatic rings. The molecular formula is C24H22N2O2. The monoisotopic (exact) mass is 370 g/mol. The summed E-state index contributed by atoms with van der Waals surface area (Å²) < 4.78 is 7.03. The predicted molar refractivity (Wildman–Crippen MR) is 114 cm³/mol. The fraction of sp³-hybridized carbons (Fsp3) is 0.125. The Hall–Kier alpha value is -3.53. The van der Waals surface area contributed by atoms with Crippen LogP contribution in [0.4, 0.5) is 5.69 Å². The number of nitrogens with one attached hydrogen (secondary N) is 1. The quantitative estimate of drug-likeness (QED) is 0.536. The number of para-hydroxylation sites is 1. The molecule has 0 bridgehead atoms. The number of ether oxygens (including phenoxy) is 1. The summed E-state index contributed by atoms with van der Waals surface area (Å²) in [5, 5.41) is 4.35. The highest BCUT2D eigenvalue weighted by Gasteiger charge is 2.10. The van der Waals surface area contributed by atoms with E-state index < -0.39 is 0 Å². The third-order valence-electron chi connectivity index (χ3n) is 4.83. The van der Waals surface area contributed by atoms with Crippen molar-refractivity contribution < 1.29 is 4.74 Å². The number of fused-ring (bicyclic) bond motifs is 1. The Morgan fingerprint density at radius 1 is 0.857 bits per heavy atom. The van der Waals surface area contributed by atoms with Crippen molar-refractivity contribution in [3.63, 3.8) is 0 Å². The SMILES string of the molecule is COc1ccc(CNc2cc3ccccc3n(Cc3ccccc3)c2=O)cc1. The Bertz CT molecular complexity index is 1130. The number of rotatable bonds is 6. The molecule has 1 N–H and O–H groups in total. The Labute approximate surface area is 164 Å². The summed E-state index contributed by atoms with van der Waals surface area (Å²) in [7, 11) is 1.65. The van der Waals surface area contributed by atoms with Gasteiger partial charge in [0.05, 0.1) is 19.2 Å². The van der Waals surface area contributed by atoms with Gasteiger partial charge in [0.25, 0.3) is 5.56 Å². The third-order valence-corrected chi connectivity index (χ3v) is 4.83. The summed E-state index contributed by atoms with van der Waals surface area (Å²) in [5.41, 5.74) is 3.71. The van der Waals surface area contributed by atoms with Gasteiger partial charge in [-0.3, -0.25) is 4.79 Å². The first-order valence-electron chi connectivity index (χ1n) is 9.28. The van der Waals surface area contributed by atoms with Gasteiger partial charge in [0, 0.05) is 11.9 Å². The molecule has 4 nitrogen and oxygen atoms in total. The molecule has 0 aliphatic carbocycles. The number of hydrogen-bond donors (Lipinski definition) is 1. The van der Waals surface area contributed by atoms with E-state index in [4.69, 9.17) is 4.74 Å². The summed E-state index contributed by atoms with van der Waals surface area (Å²) in [6.07, 6.45) is 0. The van der Waals surface area contributed by atoms with Gasteiger partial charge >= 0.3 is 0 Å². The largest absolute Gasteiger partial charge is 0.497 e. The van der Waals surface area contributed by atoms with E-state index >= 15 is 0 Å². The minimum absolute atomic E-state index is 0.0175. The van der Waals surface area contributed by atoms with E-state index in [1.54, 1.807) is 7.11 Å². The van der Waals surface area contributed by atoms with E-state index in [2.05, 4.69) is 5.32 Å². The van der Waals surface area contributed by atoms with Crippen molar-refractivity contribution >= 4 is 16.6 Å². The standard InChI is InChI=1S/C24H22N2O2/c1-28-21-13-11-18(12-14-21)16-25-22-15-20-9-5-6-10-23(20)26(24(22)27)17-19-7-3-2-4-8-19/h2-15,25H,16-17H2,1H3. The molecule has 28 heavy (non-hydrogen) atoms. The minimum atomic E-state index is -0.0175. The van der Waals surface area contributed by atoms with E-state index in [0.717, 1.165) is 27.8 Å². The van der Waals surface area contributed by atoms with E-state index in [-0.39, 0.29) is 5.56 Å². The van der Waals surface area contributed by atoms with Crippen molar-refractivity contribution in [1.29, 1.82) is 0 Å². The van der Waals surface area contributed by atoms with Crippen LogP contribution in [-0.4, -0.2) is 11.7 Å². The third kappa shape index (κ3) is 3.76. The van der Waals surface area contributed by atoms with Crippen LogP contribution in [0.25, 0.3) is 10.9 Å². The maximum atomic E-state index is 13.2. The highest BCUT2D eigenvalue weighted by molar-refractivity contribution is 5.82. The van der Waals surface area contributed by atoms with Crippen LogP contribution < -0.4 is 15.6 Å². The van der Waals surface area contributed by atoms with E-state index in [1.807, 2.05) is 89.5 Å². The lowest BCUT2D eigenvalue weighted by atomic mass is 10.1. The molecular weight excluding hydrogens is 348 g/mol. The Balaban J connectivity index is 1.68. The van der Waals surface area contributed by atoms with Crippen LogP contribution in [0.15, 0.2) is 89.7 Å². The molecule has 0 fully saturated rings. The zero-order valence-electron chi connectivity index (χ0n) is 15.8. The van der Waals surface area contributed by atoms with Crippen molar-refractivity contribution in [3.05, 3.63) is 106 Å². The van der Waals surface area contributed by atoms with E-state index in [9.17, 15) is 4.79 Å². The van der Waals surface area contributed by atoms with Crippen LogP contribution in [0.5, 0.6) is 5.75 Å². The van der Waals surface area contributed by atoms with Crippen molar-refractivity contribution in [2.24, 2.45) is 0 Å². The second-order valence-corrected chi connectivity index (χ2v) is 6.70. The lowest BCUT2D eigenvalue weighted by Gasteiger charge is -2.14. The minimum Gasteiger partial charge on any atom is -0.497 e. The van der Waals surface area contributed by atoms with Gasteiger partial charge in [-0.2, -0.15) is 0 Å². The maximum Gasteiger partial charge on any atom is 0.274 e. The van der Waals surface area contributed by atoms with Crippen LogP contribution in [0, 0.1) is 0 Å². The first-order chi connectivity index (χ1) is 13.7. The lowest BCUT2D eigenvalue weighted by Crippen LogP contribution is -2.24. The first-order valence-corrected chi connectivity index (χ1v) is 9.28. The zero-order chi connectivity index (χ0) is 19.3. The first kappa shape index (κ1) is 17.9. The van der Waals surface area contributed by atoms with Crippen LogP contribution in [0.1, 0.15) is 11.1 Å². The van der Waals surface area contributed by atoms with Crippen molar-refractivity contribution in [2.45, 2.75) is 13.1 Å². The average molecular weight is 370 g/mol. The van der Waals surface area contributed by atoms with Gasteiger partial charge < -0.3 is 14.6 Å². The Kier molecular flexibility index (Phi) is 5.11. The second kappa shape index (κ2) is 8.01. The zero-order valence-corrected chi connectivity index (χ0v) is 15.8. The van der Waals surface area contributed by atoms with Gasteiger partial charge in [-0.15, -0.1) is 0 Å². The molecule has 3 aromatic carbocycles. The normalized spacial score (nSPS) is 10.8. The average Bonchev–Trinajstić information content (AvgIpc) is 2.75. The van der Waals surface area contributed by atoms with Gasteiger partial charge in [0.2, 0.25) is 0 Å². The van der Waals surface area contributed by atoms with Crippen LogP contribution in [-0.2, 0) is 13.1 Å². The van der Waals surface area contributed by atoms with Gasteiger partial charge in [-0.25, -0.2) is 0 Å². The lowest BCUT2D eigenvalue weighted by molar-refractivity contribution is 0.414. The molecule has 140 valence electrons. The maximum absolute atomic E-state index is 13.2. The van der Waals surface area contributed by atoms with E-state index in [0.29, 0.717) is 18.8 Å². The summed E-state index contributed by atoms with van der Waals surface area (Å²) in [6, 6.07) is 27.8. The highest BCUT2D eigenvalue weighted by atomic mass is 16.5. The fourth-order valence-electron chi connectivity index (χ4n) is 3.32. The number of methoxy groups -OCH3 is 1. The topological polar surface area (TPSA) is 43.3 Å². The Morgan fingerprint density at radius 3 is 2.32 bits per heavy atom.